The number of carbonyl (C=O) groups is 1. The topological polar surface area (TPSA) is 77.1 Å². The maximum absolute atomic E-state index is 12.3. The highest BCUT2D eigenvalue weighted by Gasteiger charge is 2.27. The zero-order chi connectivity index (χ0) is 12.7. The van der Waals surface area contributed by atoms with Gasteiger partial charge in [-0.2, -0.15) is 0 Å². The van der Waals surface area contributed by atoms with E-state index in [9.17, 15) is 9.59 Å². The second kappa shape index (κ2) is 4.15. The van der Waals surface area contributed by atoms with Crippen molar-refractivity contribution in [3.63, 3.8) is 0 Å². The Balaban J connectivity index is 2.34. The summed E-state index contributed by atoms with van der Waals surface area (Å²) in [4.78, 5) is 23.9. The Labute approximate surface area is 105 Å². The van der Waals surface area contributed by atoms with E-state index in [4.69, 9.17) is 5.73 Å². The van der Waals surface area contributed by atoms with Gasteiger partial charge in [0, 0.05) is 18.8 Å². The summed E-state index contributed by atoms with van der Waals surface area (Å²) in [6.45, 7) is 1.51. The highest BCUT2D eigenvalue weighted by atomic mass is 16.2. The molecular weight excluding hydrogens is 230 g/mol. The Kier molecular flexibility index (Phi) is 2.61. The Morgan fingerprint density at radius 3 is 2.83 bits per heavy atom. The molecule has 0 bridgehead atoms. The third-order valence-corrected chi connectivity index (χ3v) is 3.88. The van der Waals surface area contributed by atoms with Crippen LogP contribution < -0.4 is 16.6 Å². The zero-order valence-electron chi connectivity index (χ0n) is 10.3. The average molecular weight is 247 g/mol. The number of nitrogens with one attached hydrogen (secondary N) is 1. The number of fused-ring (bicyclic) bond motifs is 3. The summed E-state index contributed by atoms with van der Waals surface area (Å²) in [5.74, 6) is -0.619. The second-order valence-corrected chi connectivity index (χ2v) is 4.98. The Morgan fingerprint density at radius 2 is 2.06 bits per heavy atom. The fourth-order valence-electron chi connectivity index (χ4n) is 3.08. The molecule has 3 heterocycles. The fourth-order valence-corrected chi connectivity index (χ4v) is 3.08. The molecule has 0 aliphatic carbocycles. The molecule has 0 fully saturated rings. The van der Waals surface area contributed by atoms with Gasteiger partial charge in [-0.15, -0.1) is 0 Å². The van der Waals surface area contributed by atoms with Crippen molar-refractivity contribution >= 4 is 11.6 Å². The number of hydrogen-bond acceptors (Lipinski definition) is 3. The summed E-state index contributed by atoms with van der Waals surface area (Å²) in [5, 5.41) is 3.19. The SMILES string of the molecule is NC(=O)c1c2c(c3n(c1=O)CCCC3)CCCN2. The van der Waals surface area contributed by atoms with Crippen LogP contribution in [0.15, 0.2) is 4.79 Å². The largest absolute Gasteiger partial charge is 0.384 e. The normalized spacial score (nSPS) is 17.6. The van der Waals surface area contributed by atoms with Crippen molar-refractivity contribution in [2.24, 2.45) is 5.73 Å². The lowest BCUT2D eigenvalue weighted by atomic mass is 9.93. The number of aromatic nitrogens is 1. The molecular formula is C13H17N3O2. The molecule has 0 saturated heterocycles. The number of rotatable bonds is 1. The predicted octanol–water partition coefficient (Wildman–Crippen LogP) is 0.642. The van der Waals surface area contributed by atoms with Crippen LogP contribution in [0.3, 0.4) is 0 Å². The van der Waals surface area contributed by atoms with Crippen LogP contribution in [0.1, 0.15) is 40.9 Å². The maximum Gasteiger partial charge on any atom is 0.265 e. The van der Waals surface area contributed by atoms with E-state index < -0.39 is 5.91 Å². The minimum absolute atomic E-state index is 0.148. The summed E-state index contributed by atoms with van der Waals surface area (Å²) in [6, 6.07) is 0. The average Bonchev–Trinajstić information content (AvgIpc) is 2.39. The van der Waals surface area contributed by atoms with Gasteiger partial charge in [0.1, 0.15) is 5.56 Å². The number of pyridine rings is 1. The lowest BCUT2D eigenvalue weighted by molar-refractivity contribution is 0.0998. The second-order valence-electron chi connectivity index (χ2n) is 4.98. The maximum atomic E-state index is 12.3. The van der Waals surface area contributed by atoms with Crippen LogP contribution in [-0.4, -0.2) is 17.0 Å². The molecule has 18 heavy (non-hydrogen) atoms. The van der Waals surface area contributed by atoms with Gasteiger partial charge >= 0.3 is 0 Å². The summed E-state index contributed by atoms with van der Waals surface area (Å²) < 4.78 is 1.76. The summed E-state index contributed by atoms with van der Waals surface area (Å²) >= 11 is 0. The number of nitrogens with two attached hydrogens (primary N) is 1. The molecule has 2 aliphatic rings. The minimum atomic E-state index is -0.619. The van der Waals surface area contributed by atoms with Gasteiger partial charge in [0.25, 0.3) is 11.5 Å². The summed E-state index contributed by atoms with van der Waals surface area (Å²) in [7, 11) is 0. The van der Waals surface area contributed by atoms with Crippen LogP contribution in [0.2, 0.25) is 0 Å². The van der Waals surface area contributed by atoms with Crippen molar-refractivity contribution in [2.45, 2.75) is 38.6 Å². The van der Waals surface area contributed by atoms with E-state index in [0.29, 0.717) is 12.2 Å². The van der Waals surface area contributed by atoms with E-state index >= 15 is 0 Å². The van der Waals surface area contributed by atoms with Gasteiger partial charge in [0.05, 0.1) is 5.69 Å². The number of nitrogens with zero attached hydrogens (tertiary/aromatic N) is 1. The van der Waals surface area contributed by atoms with Crippen LogP contribution in [0.25, 0.3) is 0 Å². The van der Waals surface area contributed by atoms with E-state index in [-0.39, 0.29) is 11.1 Å². The molecule has 2 aliphatic heterocycles. The first-order valence-corrected chi connectivity index (χ1v) is 6.52. The van der Waals surface area contributed by atoms with Crippen molar-refractivity contribution in [3.8, 4) is 0 Å². The van der Waals surface area contributed by atoms with E-state index in [2.05, 4.69) is 5.32 Å². The van der Waals surface area contributed by atoms with Crippen molar-refractivity contribution in [1.82, 2.24) is 4.57 Å². The highest BCUT2D eigenvalue weighted by molar-refractivity contribution is 5.99. The molecule has 1 aromatic heterocycles. The van der Waals surface area contributed by atoms with Crippen molar-refractivity contribution in [2.75, 3.05) is 11.9 Å². The summed E-state index contributed by atoms with van der Waals surface area (Å²) in [5.41, 5.74) is 8.25. The lowest BCUT2D eigenvalue weighted by Crippen LogP contribution is -2.37. The standard InChI is InChI=1S/C13H17N3O2/c14-12(17)10-11-8(4-3-6-15-11)9-5-1-2-7-16(9)13(10)18/h15H,1-7H2,(H2,14,17). The van der Waals surface area contributed by atoms with Gasteiger partial charge in [-0.05, 0) is 37.7 Å². The van der Waals surface area contributed by atoms with E-state index in [0.717, 1.165) is 49.9 Å². The molecule has 5 heteroatoms. The van der Waals surface area contributed by atoms with E-state index in [1.54, 1.807) is 4.57 Å². The van der Waals surface area contributed by atoms with Gasteiger partial charge in [0.15, 0.2) is 0 Å². The molecule has 96 valence electrons. The Hall–Kier alpha value is -1.78. The number of carbonyl (C=O) groups excluding carboxylic acids is 1. The minimum Gasteiger partial charge on any atom is -0.384 e. The van der Waals surface area contributed by atoms with Gasteiger partial charge in [-0.1, -0.05) is 0 Å². The number of anilines is 1. The molecule has 0 radical (unpaired) electrons. The van der Waals surface area contributed by atoms with E-state index in [1.807, 2.05) is 0 Å². The molecule has 0 aromatic carbocycles. The molecule has 0 spiro atoms. The number of amides is 1. The fraction of sp³-hybridized carbons (Fsp3) is 0.538. The smallest absolute Gasteiger partial charge is 0.265 e. The van der Waals surface area contributed by atoms with Crippen molar-refractivity contribution in [1.29, 1.82) is 0 Å². The Morgan fingerprint density at radius 1 is 1.22 bits per heavy atom. The molecule has 0 saturated carbocycles. The first-order valence-electron chi connectivity index (χ1n) is 6.52. The monoisotopic (exact) mass is 247 g/mol. The first-order chi connectivity index (χ1) is 8.70. The van der Waals surface area contributed by atoms with Gasteiger partial charge in [0.2, 0.25) is 0 Å². The molecule has 3 N–H and O–H groups in total. The lowest BCUT2D eigenvalue weighted by Gasteiger charge is -2.28. The summed E-state index contributed by atoms with van der Waals surface area (Å²) in [6.07, 6.45) is 5.01. The third-order valence-electron chi connectivity index (χ3n) is 3.88. The van der Waals surface area contributed by atoms with Crippen molar-refractivity contribution in [3.05, 3.63) is 27.2 Å². The van der Waals surface area contributed by atoms with Crippen LogP contribution in [0.4, 0.5) is 5.69 Å². The van der Waals surface area contributed by atoms with Gasteiger partial charge in [-0.25, -0.2) is 0 Å². The highest BCUT2D eigenvalue weighted by Crippen LogP contribution is 2.29. The van der Waals surface area contributed by atoms with Gasteiger partial charge in [-0.3, -0.25) is 9.59 Å². The molecule has 3 rings (SSSR count). The third kappa shape index (κ3) is 1.54. The molecule has 0 atom stereocenters. The van der Waals surface area contributed by atoms with Crippen LogP contribution in [0.5, 0.6) is 0 Å². The van der Waals surface area contributed by atoms with Crippen LogP contribution in [-0.2, 0) is 19.4 Å². The predicted molar refractivity (Wildman–Crippen MR) is 69.0 cm³/mol. The van der Waals surface area contributed by atoms with Crippen LogP contribution in [0, 0.1) is 0 Å². The number of hydrogen-bond donors (Lipinski definition) is 2. The van der Waals surface area contributed by atoms with Crippen molar-refractivity contribution < 1.29 is 4.79 Å². The molecule has 1 aromatic rings. The van der Waals surface area contributed by atoms with Crippen LogP contribution >= 0.6 is 0 Å². The van der Waals surface area contributed by atoms with Gasteiger partial charge < -0.3 is 15.6 Å². The number of primary amides is 1. The Bertz CT molecular complexity index is 575. The molecule has 5 nitrogen and oxygen atoms in total. The first kappa shape index (κ1) is 11.3. The molecule has 0 unspecified atom stereocenters. The quantitative estimate of drug-likeness (QED) is 0.764. The molecule has 1 amide bonds. The zero-order valence-corrected chi connectivity index (χ0v) is 10.3. The van der Waals surface area contributed by atoms with E-state index in [1.165, 1.54) is 0 Å².